The van der Waals surface area contributed by atoms with Gasteiger partial charge in [0.25, 0.3) is 11.8 Å². The number of anilines is 2. The summed E-state index contributed by atoms with van der Waals surface area (Å²) in [5, 5.41) is 6.04. The van der Waals surface area contributed by atoms with E-state index in [-0.39, 0.29) is 94.6 Å². The standard InChI is InChI=1S/C38H30Cl2F2N4O6/c39-37-21(3-1-5-23(37)25-11-31-29(13-27(25)41)45(35(49)17-51-31)15-19-7-9-33(47)43-19)22-4-2-6-24(38(22)40)26-12-32-30(14-28(26)42)46(36(50)18-52-32)16-20-8-10-34(48)44-20/h1-6,11-14,19-20H,7-10,15-18H2,(H,43,47)(H,44,48)/t19-,20-/m0/s1. The molecule has 2 N–H and O–H groups in total. The predicted molar refractivity (Wildman–Crippen MR) is 191 cm³/mol. The number of fused-ring (bicyclic) bond motifs is 2. The molecule has 0 saturated carbocycles. The molecule has 4 amide bonds. The maximum Gasteiger partial charge on any atom is 0.265 e. The second-order valence-electron chi connectivity index (χ2n) is 13.1. The number of rotatable bonds is 7. The minimum atomic E-state index is -0.643. The van der Waals surface area contributed by atoms with Gasteiger partial charge in [0.2, 0.25) is 11.8 Å². The van der Waals surface area contributed by atoms with Crippen molar-refractivity contribution in [1.82, 2.24) is 10.6 Å². The number of nitrogens with one attached hydrogen (secondary N) is 2. The number of hydrogen-bond acceptors (Lipinski definition) is 6. The molecule has 0 aliphatic carbocycles. The van der Waals surface area contributed by atoms with Crippen LogP contribution in [0.3, 0.4) is 0 Å². The lowest BCUT2D eigenvalue weighted by Gasteiger charge is -2.31. The molecule has 4 aromatic rings. The van der Waals surface area contributed by atoms with E-state index < -0.39 is 11.6 Å². The second-order valence-corrected chi connectivity index (χ2v) is 13.9. The van der Waals surface area contributed by atoms with Crippen LogP contribution in [-0.4, -0.2) is 62.0 Å². The van der Waals surface area contributed by atoms with E-state index in [9.17, 15) is 19.2 Å². The van der Waals surface area contributed by atoms with Crippen LogP contribution in [0.25, 0.3) is 33.4 Å². The summed E-state index contributed by atoms with van der Waals surface area (Å²) >= 11 is 14.0. The Hall–Kier alpha value is -5.20. The van der Waals surface area contributed by atoms with Crippen molar-refractivity contribution in [3.8, 4) is 44.9 Å². The molecule has 0 spiro atoms. The van der Waals surface area contributed by atoms with Crippen LogP contribution < -0.4 is 29.9 Å². The highest BCUT2D eigenvalue weighted by molar-refractivity contribution is 6.39. The summed E-state index contributed by atoms with van der Waals surface area (Å²) in [6, 6.07) is 15.1. The van der Waals surface area contributed by atoms with Crippen molar-refractivity contribution in [3.63, 3.8) is 0 Å². The predicted octanol–water partition coefficient (Wildman–Crippen LogP) is 6.28. The number of halogens is 4. The topological polar surface area (TPSA) is 117 Å². The molecular formula is C38H30Cl2F2N4O6. The van der Waals surface area contributed by atoms with Gasteiger partial charge in [0, 0.05) is 83.5 Å². The van der Waals surface area contributed by atoms with Gasteiger partial charge in [0.15, 0.2) is 13.2 Å². The molecule has 2 saturated heterocycles. The fourth-order valence-corrected chi connectivity index (χ4v) is 7.88. The molecule has 52 heavy (non-hydrogen) atoms. The van der Waals surface area contributed by atoms with E-state index >= 15 is 8.78 Å². The third-order valence-electron chi connectivity index (χ3n) is 9.83. The Balaban J connectivity index is 1.12. The monoisotopic (exact) mass is 746 g/mol. The molecule has 0 aromatic heterocycles. The van der Waals surface area contributed by atoms with Gasteiger partial charge in [-0.15, -0.1) is 0 Å². The molecule has 266 valence electrons. The molecule has 0 unspecified atom stereocenters. The van der Waals surface area contributed by atoms with Gasteiger partial charge < -0.3 is 29.9 Å². The molecule has 4 aromatic carbocycles. The Bertz CT molecular complexity index is 2050. The normalized spacial score (nSPS) is 19.5. The maximum atomic E-state index is 15.9. The fourth-order valence-electron chi connectivity index (χ4n) is 7.22. The van der Waals surface area contributed by atoms with Gasteiger partial charge in [-0.05, 0) is 25.0 Å². The van der Waals surface area contributed by atoms with Gasteiger partial charge >= 0.3 is 0 Å². The molecule has 0 bridgehead atoms. The Labute approximate surface area is 306 Å². The zero-order chi connectivity index (χ0) is 36.3. The van der Waals surface area contributed by atoms with Crippen molar-refractivity contribution in [2.45, 2.75) is 37.8 Å². The number of hydrogen-bond donors (Lipinski definition) is 2. The largest absolute Gasteiger partial charge is 0.482 e. The molecule has 10 nitrogen and oxygen atoms in total. The van der Waals surface area contributed by atoms with Crippen molar-refractivity contribution < 1.29 is 37.4 Å². The number of carbonyl (C=O) groups excluding carboxylic acids is 4. The molecule has 2 atom stereocenters. The van der Waals surface area contributed by atoms with Crippen LogP contribution in [0.1, 0.15) is 25.7 Å². The summed E-state index contributed by atoms with van der Waals surface area (Å²) in [6.45, 7) is -0.102. The van der Waals surface area contributed by atoms with Crippen LogP contribution in [0.2, 0.25) is 10.0 Å². The molecular weight excluding hydrogens is 717 g/mol. The average Bonchev–Trinajstić information content (AvgIpc) is 3.74. The molecule has 14 heteroatoms. The third-order valence-corrected chi connectivity index (χ3v) is 10.6. The fraction of sp³-hybridized carbons (Fsp3) is 0.263. The first-order valence-corrected chi connectivity index (χ1v) is 17.5. The summed E-state index contributed by atoms with van der Waals surface area (Å²) in [7, 11) is 0. The first-order valence-electron chi connectivity index (χ1n) is 16.8. The van der Waals surface area contributed by atoms with Crippen molar-refractivity contribution in [1.29, 1.82) is 0 Å². The first-order chi connectivity index (χ1) is 25.0. The number of carbonyl (C=O) groups is 4. The third kappa shape index (κ3) is 6.09. The molecule has 2 fully saturated rings. The summed E-state index contributed by atoms with van der Waals surface area (Å²) in [4.78, 5) is 51.9. The lowest BCUT2D eigenvalue weighted by molar-refractivity contribution is -0.122. The number of amides is 4. The SMILES string of the molecule is O=C1CC[C@@H](CN2C(=O)COc3cc(-c4cccc(-c5cccc(-c6cc7c(cc6F)N(C[C@@H]6CCC(=O)N6)C(=O)CO7)c5Cl)c4Cl)c(F)cc32)N1. The number of benzene rings is 4. The number of nitrogens with zero attached hydrogens (tertiary/aromatic N) is 2. The zero-order valence-corrected chi connectivity index (χ0v) is 29.0. The van der Waals surface area contributed by atoms with Crippen molar-refractivity contribution >= 4 is 58.2 Å². The summed E-state index contributed by atoms with van der Waals surface area (Å²) in [5.74, 6) is -1.58. The van der Waals surface area contributed by atoms with Gasteiger partial charge in [-0.1, -0.05) is 59.6 Å². The molecule has 4 aliphatic rings. The molecule has 4 aliphatic heterocycles. The Morgan fingerprint density at radius 2 is 1.00 bits per heavy atom. The van der Waals surface area contributed by atoms with E-state index in [1.165, 1.54) is 34.1 Å². The smallest absolute Gasteiger partial charge is 0.265 e. The summed E-state index contributed by atoms with van der Waals surface area (Å²) < 4.78 is 43.3. The van der Waals surface area contributed by atoms with Gasteiger partial charge in [0.1, 0.15) is 23.1 Å². The maximum absolute atomic E-state index is 15.9. The van der Waals surface area contributed by atoms with E-state index in [1.807, 2.05) is 0 Å². The Kier molecular flexibility index (Phi) is 8.75. The van der Waals surface area contributed by atoms with Crippen molar-refractivity contribution in [2.24, 2.45) is 0 Å². The highest BCUT2D eigenvalue weighted by atomic mass is 35.5. The minimum absolute atomic E-state index is 0.0910. The van der Waals surface area contributed by atoms with Crippen LogP contribution in [0.4, 0.5) is 20.2 Å². The van der Waals surface area contributed by atoms with Crippen LogP contribution in [0.15, 0.2) is 60.7 Å². The van der Waals surface area contributed by atoms with Gasteiger partial charge in [-0.3, -0.25) is 19.2 Å². The second kappa shape index (κ2) is 13.4. The summed E-state index contributed by atoms with van der Waals surface area (Å²) in [6.07, 6.45) is 1.87. The lowest BCUT2D eigenvalue weighted by atomic mass is 9.94. The Morgan fingerprint density at radius 1 is 0.615 bits per heavy atom. The first kappa shape index (κ1) is 33.9. The number of ether oxygens (including phenoxy) is 2. The van der Waals surface area contributed by atoms with Gasteiger partial charge in [-0.2, -0.15) is 0 Å². The minimum Gasteiger partial charge on any atom is -0.482 e. The van der Waals surface area contributed by atoms with Crippen LogP contribution in [0, 0.1) is 11.6 Å². The highest BCUT2D eigenvalue weighted by Gasteiger charge is 2.34. The van der Waals surface area contributed by atoms with Crippen LogP contribution >= 0.6 is 23.2 Å². The molecule has 8 rings (SSSR count). The Morgan fingerprint density at radius 3 is 1.37 bits per heavy atom. The van der Waals surface area contributed by atoms with Crippen LogP contribution in [-0.2, 0) is 19.2 Å². The lowest BCUT2D eigenvalue weighted by Crippen LogP contribution is -2.46. The van der Waals surface area contributed by atoms with Crippen molar-refractivity contribution in [3.05, 3.63) is 82.3 Å². The van der Waals surface area contributed by atoms with Gasteiger partial charge in [-0.25, -0.2) is 8.78 Å². The quantitative estimate of drug-likeness (QED) is 0.230. The van der Waals surface area contributed by atoms with Crippen LogP contribution in [0.5, 0.6) is 11.5 Å². The van der Waals surface area contributed by atoms with Crippen molar-refractivity contribution in [2.75, 3.05) is 36.1 Å². The van der Waals surface area contributed by atoms with E-state index in [0.717, 1.165) is 0 Å². The highest BCUT2D eigenvalue weighted by Crippen LogP contribution is 2.47. The van der Waals surface area contributed by atoms with E-state index in [4.69, 9.17) is 32.7 Å². The molecule has 4 heterocycles. The zero-order valence-electron chi connectivity index (χ0n) is 27.4. The van der Waals surface area contributed by atoms with E-state index in [1.54, 1.807) is 36.4 Å². The van der Waals surface area contributed by atoms with E-state index in [2.05, 4.69) is 10.6 Å². The summed E-state index contributed by atoms with van der Waals surface area (Å²) in [5.41, 5.74) is 2.39. The van der Waals surface area contributed by atoms with E-state index in [0.29, 0.717) is 59.4 Å². The van der Waals surface area contributed by atoms with Gasteiger partial charge in [0.05, 0.1) is 21.4 Å². The molecule has 0 radical (unpaired) electrons. The average molecular weight is 748 g/mol.